The normalized spacial score (nSPS) is 14.6. The number of aryl methyl sites for hydroxylation is 2. The van der Waals surface area contributed by atoms with Gasteiger partial charge in [-0.1, -0.05) is 65.2 Å². The highest BCUT2D eigenvalue weighted by atomic mass is 35.5. The second kappa shape index (κ2) is 10.7. The number of hydrogen-bond acceptors (Lipinski definition) is 4. The molecule has 0 bridgehead atoms. The van der Waals surface area contributed by atoms with Crippen LogP contribution in [0.2, 0.25) is 10.0 Å². The minimum atomic E-state index is -0.498. The van der Waals surface area contributed by atoms with Crippen LogP contribution in [0.1, 0.15) is 22.3 Å². The van der Waals surface area contributed by atoms with Gasteiger partial charge in [0.15, 0.2) is 0 Å². The van der Waals surface area contributed by atoms with E-state index in [9.17, 15) is 14.4 Å². The van der Waals surface area contributed by atoms with Gasteiger partial charge in [-0.15, -0.1) is 0 Å². The number of anilines is 1. The average molecular weight is 564 g/mol. The summed E-state index contributed by atoms with van der Waals surface area (Å²) in [5, 5.41) is 4.35. The predicted octanol–water partition coefficient (Wildman–Crippen LogP) is 7.29. The molecule has 0 saturated carbocycles. The first-order valence-electron chi connectivity index (χ1n) is 11.8. The minimum absolute atomic E-state index is 0.257. The van der Waals surface area contributed by atoms with Crippen LogP contribution in [0.4, 0.5) is 10.5 Å². The largest absolute Gasteiger partial charge is 0.342 e. The van der Waals surface area contributed by atoms with Gasteiger partial charge in [0.1, 0.15) is 6.54 Å². The summed E-state index contributed by atoms with van der Waals surface area (Å²) in [5.74, 6) is -0.935. The third-order valence-electron chi connectivity index (χ3n) is 6.33. The van der Waals surface area contributed by atoms with Crippen molar-refractivity contribution < 1.29 is 14.4 Å². The number of nitrogens with zero attached hydrogens (tertiary/aromatic N) is 2. The molecule has 4 aromatic rings. The molecular formula is C29H23Cl2N3O3S. The number of halogens is 2. The van der Waals surface area contributed by atoms with E-state index >= 15 is 0 Å². The maximum atomic E-state index is 13.1. The third-order valence-corrected chi connectivity index (χ3v) is 7.94. The van der Waals surface area contributed by atoms with Gasteiger partial charge in [-0.05, 0) is 61.5 Å². The summed E-state index contributed by atoms with van der Waals surface area (Å²) < 4.78 is 2.01. The number of thioether (sulfide) groups is 1. The number of amides is 3. The molecule has 0 atom stereocenters. The Hall–Kier alpha value is -3.52. The van der Waals surface area contributed by atoms with E-state index in [1.54, 1.807) is 24.3 Å². The van der Waals surface area contributed by atoms with Crippen molar-refractivity contribution in [3.63, 3.8) is 0 Å². The van der Waals surface area contributed by atoms with Crippen molar-refractivity contribution in [2.24, 2.45) is 0 Å². The smallest absolute Gasteiger partial charge is 0.294 e. The quantitative estimate of drug-likeness (QED) is 0.250. The zero-order valence-electron chi connectivity index (χ0n) is 20.6. The summed E-state index contributed by atoms with van der Waals surface area (Å²) in [4.78, 5) is 39.7. The maximum absolute atomic E-state index is 13.1. The molecule has 0 aliphatic carbocycles. The first-order valence-corrected chi connectivity index (χ1v) is 13.4. The fourth-order valence-electron chi connectivity index (χ4n) is 4.44. The van der Waals surface area contributed by atoms with Gasteiger partial charge >= 0.3 is 0 Å². The Morgan fingerprint density at radius 2 is 1.74 bits per heavy atom. The number of benzene rings is 3. The maximum Gasteiger partial charge on any atom is 0.294 e. The van der Waals surface area contributed by atoms with Crippen molar-refractivity contribution in [2.45, 2.75) is 20.4 Å². The number of para-hydroxylation sites is 1. The van der Waals surface area contributed by atoms with Crippen LogP contribution in [0.3, 0.4) is 0 Å². The van der Waals surface area contributed by atoms with E-state index in [1.807, 2.05) is 67.1 Å². The SMILES string of the molecule is Cc1ccc(NC(=O)CN2C(=O)S/C(=C\c3cn(Cc4c(Cl)cccc4Cl)c4ccccc34)C2=O)c(C)c1. The highest BCUT2D eigenvalue weighted by Crippen LogP contribution is 2.35. The standard InChI is InChI=1S/C29H23Cl2N3O3S/c1-17-10-11-24(18(2)12-17)32-27(35)16-34-28(36)26(38-29(34)37)13-19-14-33(25-9-4-3-6-20(19)25)15-21-22(30)7-5-8-23(21)31/h3-14H,15-16H2,1-2H3,(H,32,35)/b26-13-. The van der Waals surface area contributed by atoms with E-state index in [2.05, 4.69) is 5.32 Å². The number of carbonyl (C=O) groups excluding carboxylic acids is 3. The van der Waals surface area contributed by atoms with Crippen LogP contribution in [0.5, 0.6) is 0 Å². The van der Waals surface area contributed by atoms with Crippen molar-refractivity contribution in [2.75, 3.05) is 11.9 Å². The van der Waals surface area contributed by atoms with Crippen molar-refractivity contribution in [3.8, 4) is 0 Å². The summed E-state index contributed by atoms with van der Waals surface area (Å²) in [6, 6.07) is 18.8. The van der Waals surface area contributed by atoms with Gasteiger partial charge in [0.25, 0.3) is 11.1 Å². The fourth-order valence-corrected chi connectivity index (χ4v) is 5.79. The lowest BCUT2D eigenvalue weighted by molar-refractivity contribution is -0.127. The topological polar surface area (TPSA) is 71.4 Å². The summed E-state index contributed by atoms with van der Waals surface area (Å²) in [6.45, 7) is 3.94. The Morgan fingerprint density at radius 1 is 1.00 bits per heavy atom. The number of imide groups is 1. The van der Waals surface area contributed by atoms with E-state index in [1.165, 1.54) is 0 Å². The van der Waals surface area contributed by atoms with Gasteiger partial charge in [0, 0.05) is 44.0 Å². The molecule has 1 N–H and O–H groups in total. The summed E-state index contributed by atoms with van der Waals surface area (Å²) in [6.07, 6.45) is 3.60. The molecule has 1 saturated heterocycles. The van der Waals surface area contributed by atoms with Crippen LogP contribution >= 0.6 is 35.0 Å². The first kappa shape index (κ1) is 26.1. The number of aromatic nitrogens is 1. The Bertz CT molecular complexity index is 1620. The Morgan fingerprint density at radius 3 is 2.47 bits per heavy atom. The molecule has 1 fully saturated rings. The molecule has 9 heteroatoms. The molecule has 1 aliphatic heterocycles. The van der Waals surface area contributed by atoms with Gasteiger partial charge < -0.3 is 9.88 Å². The molecule has 6 nitrogen and oxygen atoms in total. The van der Waals surface area contributed by atoms with E-state index in [0.29, 0.717) is 22.3 Å². The Balaban J connectivity index is 1.39. The molecule has 0 radical (unpaired) electrons. The number of fused-ring (bicyclic) bond motifs is 1. The van der Waals surface area contributed by atoms with Crippen molar-refractivity contribution in [1.82, 2.24) is 9.47 Å². The molecule has 1 aromatic heterocycles. The van der Waals surface area contributed by atoms with Crippen LogP contribution in [-0.2, 0) is 16.1 Å². The molecule has 3 amide bonds. The van der Waals surface area contributed by atoms with Crippen LogP contribution in [0.15, 0.2) is 71.8 Å². The number of rotatable bonds is 6. The molecule has 0 spiro atoms. The molecule has 0 unspecified atom stereocenters. The van der Waals surface area contributed by atoms with E-state index < -0.39 is 17.1 Å². The third kappa shape index (κ3) is 5.23. The van der Waals surface area contributed by atoms with Crippen LogP contribution in [0, 0.1) is 13.8 Å². The van der Waals surface area contributed by atoms with Gasteiger partial charge in [0.05, 0.1) is 11.4 Å². The van der Waals surface area contributed by atoms with E-state index in [-0.39, 0.29) is 11.4 Å². The van der Waals surface area contributed by atoms with Gasteiger partial charge in [0.2, 0.25) is 5.91 Å². The molecule has 5 rings (SSSR count). The molecule has 192 valence electrons. The Labute approximate surface area is 234 Å². The van der Waals surface area contributed by atoms with Crippen molar-refractivity contribution in [1.29, 1.82) is 0 Å². The average Bonchev–Trinajstić information content (AvgIpc) is 3.35. The number of nitrogens with one attached hydrogen (secondary N) is 1. The van der Waals surface area contributed by atoms with Gasteiger partial charge in [-0.25, -0.2) is 0 Å². The number of carbonyl (C=O) groups is 3. The van der Waals surface area contributed by atoms with Crippen molar-refractivity contribution >= 4 is 74.7 Å². The van der Waals surface area contributed by atoms with Crippen LogP contribution < -0.4 is 5.32 Å². The molecule has 2 heterocycles. The lowest BCUT2D eigenvalue weighted by Gasteiger charge is -2.14. The minimum Gasteiger partial charge on any atom is -0.342 e. The summed E-state index contributed by atoms with van der Waals surface area (Å²) in [7, 11) is 0. The lowest BCUT2D eigenvalue weighted by atomic mass is 10.1. The van der Waals surface area contributed by atoms with Gasteiger partial charge in [-0.3, -0.25) is 19.3 Å². The molecular weight excluding hydrogens is 541 g/mol. The zero-order chi connectivity index (χ0) is 27.0. The number of hydrogen-bond donors (Lipinski definition) is 1. The monoisotopic (exact) mass is 563 g/mol. The van der Waals surface area contributed by atoms with Crippen LogP contribution in [-0.4, -0.2) is 33.1 Å². The highest BCUT2D eigenvalue weighted by molar-refractivity contribution is 8.18. The van der Waals surface area contributed by atoms with Crippen LogP contribution in [0.25, 0.3) is 17.0 Å². The zero-order valence-corrected chi connectivity index (χ0v) is 23.0. The Kier molecular flexibility index (Phi) is 7.34. The summed E-state index contributed by atoms with van der Waals surface area (Å²) >= 11 is 13.6. The molecule has 38 heavy (non-hydrogen) atoms. The van der Waals surface area contributed by atoms with Gasteiger partial charge in [-0.2, -0.15) is 0 Å². The predicted molar refractivity (Wildman–Crippen MR) is 155 cm³/mol. The molecule has 1 aliphatic rings. The second-order valence-electron chi connectivity index (χ2n) is 9.06. The summed E-state index contributed by atoms with van der Waals surface area (Å²) in [5.41, 5.74) is 5.12. The first-order chi connectivity index (χ1) is 18.2. The molecule has 3 aromatic carbocycles. The lowest BCUT2D eigenvalue weighted by Crippen LogP contribution is -2.36. The highest BCUT2D eigenvalue weighted by Gasteiger charge is 2.36. The second-order valence-corrected chi connectivity index (χ2v) is 10.9. The van der Waals surface area contributed by atoms with E-state index in [0.717, 1.165) is 49.8 Å². The van der Waals surface area contributed by atoms with E-state index in [4.69, 9.17) is 23.2 Å². The fraction of sp³-hybridized carbons (Fsp3) is 0.138. The van der Waals surface area contributed by atoms with Crippen molar-refractivity contribution in [3.05, 3.63) is 104 Å².